The maximum Gasteiger partial charge on any atom is 0.253 e. The second-order valence-electron chi connectivity index (χ2n) is 5.28. The highest BCUT2D eigenvalue weighted by atomic mass is 16.2. The van der Waals surface area contributed by atoms with Gasteiger partial charge in [0, 0.05) is 38.2 Å². The largest absolute Gasteiger partial charge is 0.341 e. The maximum atomic E-state index is 12.4. The van der Waals surface area contributed by atoms with Gasteiger partial charge in [-0.15, -0.1) is 0 Å². The lowest BCUT2D eigenvalue weighted by Crippen LogP contribution is -2.37. The van der Waals surface area contributed by atoms with E-state index in [9.17, 15) is 9.59 Å². The molecule has 0 aliphatic carbocycles. The van der Waals surface area contributed by atoms with Crippen LogP contribution in [-0.4, -0.2) is 54.3 Å². The van der Waals surface area contributed by atoms with Crippen LogP contribution >= 0.6 is 0 Å². The van der Waals surface area contributed by atoms with Gasteiger partial charge in [-0.05, 0) is 31.5 Å². The molecule has 0 atom stereocenters. The number of carbonyl (C=O) groups excluding carboxylic acids is 2. The van der Waals surface area contributed by atoms with E-state index in [2.05, 4.69) is 0 Å². The van der Waals surface area contributed by atoms with Gasteiger partial charge in [0.15, 0.2) is 0 Å². The van der Waals surface area contributed by atoms with Gasteiger partial charge in [0.25, 0.3) is 5.91 Å². The van der Waals surface area contributed by atoms with E-state index in [0.717, 1.165) is 19.4 Å². The van der Waals surface area contributed by atoms with Crippen molar-refractivity contribution in [2.24, 2.45) is 5.73 Å². The van der Waals surface area contributed by atoms with Gasteiger partial charge in [-0.25, -0.2) is 0 Å². The van der Waals surface area contributed by atoms with Crippen LogP contribution < -0.4 is 5.73 Å². The molecule has 1 aromatic rings. The molecule has 1 heterocycles. The Balaban J connectivity index is 1.91. The summed E-state index contributed by atoms with van der Waals surface area (Å²) in [4.78, 5) is 28.1. The summed E-state index contributed by atoms with van der Waals surface area (Å²) in [5.41, 5.74) is 6.15. The van der Waals surface area contributed by atoms with Gasteiger partial charge in [-0.2, -0.15) is 0 Å². The van der Waals surface area contributed by atoms with Gasteiger partial charge in [0.2, 0.25) is 5.91 Å². The van der Waals surface area contributed by atoms with Crippen molar-refractivity contribution in [3.8, 4) is 0 Å². The molecule has 5 nitrogen and oxygen atoms in total. The first-order chi connectivity index (χ1) is 10.2. The average Bonchev–Trinajstić information content (AvgIpc) is 2.79. The summed E-state index contributed by atoms with van der Waals surface area (Å²) in [6.45, 7) is 3.18. The van der Waals surface area contributed by atoms with Crippen molar-refractivity contribution in [3.63, 3.8) is 0 Å². The highest BCUT2D eigenvalue weighted by Crippen LogP contribution is 2.10. The van der Waals surface area contributed by atoms with Gasteiger partial charge in [-0.3, -0.25) is 9.59 Å². The fraction of sp³-hybridized carbons (Fsp3) is 0.500. The van der Waals surface area contributed by atoms with Gasteiger partial charge in [0.1, 0.15) is 0 Å². The Morgan fingerprint density at radius 3 is 2.38 bits per heavy atom. The van der Waals surface area contributed by atoms with Crippen molar-refractivity contribution in [2.45, 2.75) is 19.3 Å². The zero-order valence-electron chi connectivity index (χ0n) is 12.3. The minimum Gasteiger partial charge on any atom is -0.341 e. The number of hydrogen-bond acceptors (Lipinski definition) is 3. The molecule has 0 saturated carbocycles. The molecule has 0 radical (unpaired) electrons. The summed E-state index contributed by atoms with van der Waals surface area (Å²) < 4.78 is 0. The molecule has 2 amide bonds. The summed E-state index contributed by atoms with van der Waals surface area (Å²) in [5, 5.41) is 0. The topological polar surface area (TPSA) is 66.6 Å². The summed E-state index contributed by atoms with van der Waals surface area (Å²) in [6.07, 6.45) is 2.05. The molecule has 0 aromatic heterocycles. The normalized spacial score (nSPS) is 15.7. The third kappa shape index (κ3) is 4.29. The number of carbonyl (C=O) groups is 2. The second kappa shape index (κ2) is 7.78. The van der Waals surface area contributed by atoms with Crippen LogP contribution in [-0.2, 0) is 4.79 Å². The van der Waals surface area contributed by atoms with Crippen LogP contribution in [0.2, 0.25) is 0 Å². The first-order valence-corrected chi connectivity index (χ1v) is 7.54. The third-order valence-corrected chi connectivity index (χ3v) is 3.75. The van der Waals surface area contributed by atoms with Gasteiger partial charge >= 0.3 is 0 Å². The van der Waals surface area contributed by atoms with Crippen molar-refractivity contribution in [1.29, 1.82) is 0 Å². The molecule has 114 valence electrons. The first kappa shape index (κ1) is 15.5. The number of nitrogens with two attached hydrogens (primary N) is 1. The van der Waals surface area contributed by atoms with E-state index in [-0.39, 0.29) is 11.8 Å². The Hall–Kier alpha value is -1.88. The number of hydrogen-bond donors (Lipinski definition) is 1. The smallest absolute Gasteiger partial charge is 0.253 e. The second-order valence-corrected chi connectivity index (χ2v) is 5.28. The summed E-state index contributed by atoms with van der Waals surface area (Å²) in [5.74, 6) is 0.196. The van der Waals surface area contributed by atoms with Crippen molar-refractivity contribution >= 4 is 11.8 Å². The van der Waals surface area contributed by atoms with Crippen molar-refractivity contribution in [3.05, 3.63) is 35.9 Å². The predicted octanol–water partition coefficient (Wildman–Crippen LogP) is 1.10. The van der Waals surface area contributed by atoms with E-state index in [1.165, 1.54) is 0 Å². The molecule has 2 N–H and O–H groups in total. The standard InChI is InChI=1S/C16H23N3O2/c17-9-4-8-15(20)18-10-5-11-19(13-12-18)16(21)14-6-2-1-3-7-14/h1-3,6-7H,4-5,8-13,17H2. The number of benzene rings is 1. The highest BCUT2D eigenvalue weighted by Gasteiger charge is 2.22. The summed E-state index contributed by atoms with van der Waals surface area (Å²) in [7, 11) is 0. The molecule has 1 aromatic carbocycles. The third-order valence-electron chi connectivity index (χ3n) is 3.75. The molecule has 2 rings (SSSR count). The molecule has 0 spiro atoms. The van der Waals surface area contributed by atoms with Gasteiger partial charge in [0.05, 0.1) is 0 Å². The van der Waals surface area contributed by atoms with E-state index in [4.69, 9.17) is 5.73 Å². The SMILES string of the molecule is NCCCC(=O)N1CCCN(C(=O)c2ccccc2)CC1. The fourth-order valence-electron chi connectivity index (χ4n) is 2.54. The number of rotatable bonds is 4. The van der Waals surface area contributed by atoms with Crippen molar-refractivity contribution in [2.75, 3.05) is 32.7 Å². The van der Waals surface area contributed by atoms with Crippen LogP contribution in [0.4, 0.5) is 0 Å². The Bertz CT molecular complexity index is 476. The van der Waals surface area contributed by atoms with Crippen LogP contribution in [0.1, 0.15) is 29.6 Å². The van der Waals surface area contributed by atoms with Crippen LogP contribution in [0.5, 0.6) is 0 Å². The Kier molecular flexibility index (Phi) is 5.75. The molecule has 0 unspecified atom stereocenters. The van der Waals surface area contributed by atoms with E-state index >= 15 is 0 Å². The van der Waals surface area contributed by atoms with E-state index < -0.39 is 0 Å². The summed E-state index contributed by atoms with van der Waals surface area (Å²) in [6, 6.07) is 9.30. The molecular weight excluding hydrogens is 266 g/mol. The van der Waals surface area contributed by atoms with Crippen molar-refractivity contribution < 1.29 is 9.59 Å². The Morgan fingerprint density at radius 2 is 1.67 bits per heavy atom. The molecule has 5 heteroatoms. The molecule has 1 aliphatic heterocycles. The molecule has 0 bridgehead atoms. The quantitative estimate of drug-likeness (QED) is 0.902. The maximum absolute atomic E-state index is 12.4. The molecule has 1 fully saturated rings. The molecule has 21 heavy (non-hydrogen) atoms. The van der Waals surface area contributed by atoms with E-state index in [1.807, 2.05) is 40.1 Å². The molecular formula is C16H23N3O2. The molecule has 1 aliphatic rings. The molecule has 1 saturated heterocycles. The van der Waals surface area contributed by atoms with Crippen LogP contribution in [0.25, 0.3) is 0 Å². The number of amides is 2. The van der Waals surface area contributed by atoms with Gasteiger partial charge in [-0.1, -0.05) is 18.2 Å². The lowest BCUT2D eigenvalue weighted by atomic mass is 10.2. The number of nitrogens with zero attached hydrogens (tertiary/aromatic N) is 2. The lowest BCUT2D eigenvalue weighted by molar-refractivity contribution is -0.131. The minimum absolute atomic E-state index is 0.0480. The first-order valence-electron chi connectivity index (χ1n) is 7.54. The van der Waals surface area contributed by atoms with Crippen molar-refractivity contribution in [1.82, 2.24) is 9.80 Å². The fourth-order valence-corrected chi connectivity index (χ4v) is 2.54. The minimum atomic E-state index is 0.0480. The van der Waals surface area contributed by atoms with Crippen LogP contribution in [0, 0.1) is 0 Å². The summed E-state index contributed by atoms with van der Waals surface area (Å²) >= 11 is 0. The lowest BCUT2D eigenvalue weighted by Gasteiger charge is -2.22. The monoisotopic (exact) mass is 289 g/mol. The van der Waals surface area contributed by atoms with E-state index in [0.29, 0.717) is 38.2 Å². The predicted molar refractivity (Wildman–Crippen MR) is 81.8 cm³/mol. The van der Waals surface area contributed by atoms with Gasteiger partial charge < -0.3 is 15.5 Å². The van der Waals surface area contributed by atoms with E-state index in [1.54, 1.807) is 0 Å². The van der Waals surface area contributed by atoms with Crippen LogP contribution in [0.15, 0.2) is 30.3 Å². The Morgan fingerprint density at radius 1 is 1.00 bits per heavy atom. The zero-order chi connectivity index (χ0) is 15.1. The Labute approximate surface area is 125 Å². The highest BCUT2D eigenvalue weighted by molar-refractivity contribution is 5.94. The average molecular weight is 289 g/mol. The van der Waals surface area contributed by atoms with Crippen LogP contribution in [0.3, 0.4) is 0 Å². The zero-order valence-corrected chi connectivity index (χ0v) is 12.3.